The zero-order chi connectivity index (χ0) is 13.0. The molecule has 4 rings (SSSR count). The lowest BCUT2D eigenvalue weighted by atomic mass is 9.78. The van der Waals surface area contributed by atoms with Crippen LogP contribution in [0, 0.1) is 19.8 Å². The minimum atomic E-state index is 0.579. The third kappa shape index (κ3) is 1.53. The summed E-state index contributed by atoms with van der Waals surface area (Å²) in [6.45, 7) is 4.42. The van der Waals surface area contributed by atoms with E-state index in [9.17, 15) is 0 Å². The smallest absolute Gasteiger partial charge is 0.0164 e. The third-order valence-corrected chi connectivity index (χ3v) is 4.72. The van der Waals surface area contributed by atoms with Crippen molar-refractivity contribution in [3.63, 3.8) is 0 Å². The van der Waals surface area contributed by atoms with Crippen LogP contribution in [-0.4, -0.2) is 0 Å². The van der Waals surface area contributed by atoms with Gasteiger partial charge < -0.3 is 0 Å². The van der Waals surface area contributed by atoms with E-state index in [1.54, 1.807) is 11.1 Å². The summed E-state index contributed by atoms with van der Waals surface area (Å²) in [5.41, 5.74) is 8.84. The molecule has 0 fully saturated rings. The number of hydrogen-bond donors (Lipinski definition) is 0. The predicted octanol–water partition coefficient (Wildman–Crippen LogP) is 4.63. The summed E-state index contributed by atoms with van der Waals surface area (Å²) in [6, 6.07) is 13.7. The van der Waals surface area contributed by atoms with Gasteiger partial charge in [-0.2, -0.15) is 0 Å². The minimum Gasteiger partial charge on any atom is -0.0795 e. The highest BCUT2D eigenvalue weighted by molar-refractivity contribution is 5.65. The van der Waals surface area contributed by atoms with Gasteiger partial charge >= 0.3 is 0 Å². The normalized spacial score (nSPS) is 22.8. The van der Waals surface area contributed by atoms with Gasteiger partial charge in [-0.25, -0.2) is 0 Å². The van der Waals surface area contributed by atoms with E-state index in [0.29, 0.717) is 11.8 Å². The topological polar surface area (TPSA) is 0 Å². The lowest BCUT2D eigenvalue weighted by Gasteiger charge is -2.25. The van der Waals surface area contributed by atoms with Crippen LogP contribution in [0.3, 0.4) is 0 Å². The van der Waals surface area contributed by atoms with Gasteiger partial charge in [0.25, 0.3) is 0 Å². The lowest BCUT2D eigenvalue weighted by Crippen LogP contribution is -2.12. The number of hydrogen-bond acceptors (Lipinski definition) is 0. The molecule has 0 saturated carbocycles. The van der Waals surface area contributed by atoms with Crippen molar-refractivity contribution in [2.45, 2.75) is 26.2 Å². The molecule has 0 heteroatoms. The third-order valence-electron chi connectivity index (χ3n) is 4.72. The molecule has 0 saturated heterocycles. The molecule has 0 nitrogen and oxygen atoms in total. The highest BCUT2D eigenvalue weighted by Gasteiger charge is 2.35. The maximum atomic E-state index is 2.43. The van der Waals surface area contributed by atoms with Gasteiger partial charge in [0.15, 0.2) is 0 Å². The van der Waals surface area contributed by atoms with Gasteiger partial charge in [-0.3, -0.25) is 0 Å². The molecular formula is C19H18. The highest BCUT2D eigenvalue weighted by atomic mass is 14.4. The second-order valence-corrected chi connectivity index (χ2v) is 5.98. The molecule has 94 valence electrons. The Balaban J connectivity index is 1.96. The summed E-state index contributed by atoms with van der Waals surface area (Å²) in [4.78, 5) is 0. The van der Waals surface area contributed by atoms with Crippen LogP contribution in [0.1, 0.15) is 39.3 Å². The first-order valence-electron chi connectivity index (χ1n) is 7.11. The number of allylic oxidation sites excluding steroid dienone is 1. The maximum absolute atomic E-state index is 2.43. The zero-order valence-electron chi connectivity index (χ0n) is 11.5. The van der Waals surface area contributed by atoms with Crippen LogP contribution in [0.25, 0.3) is 6.08 Å². The number of benzene rings is 2. The number of aryl methyl sites for hydroxylation is 2. The van der Waals surface area contributed by atoms with Gasteiger partial charge in [-0.05, 0) is 54.0 Å². The first-order valence-corrected chi connectivity index (χ1v) is 7.11. The van der Waals surface area contributed by atoms with Crippen molar-refractivity contribution in [3.8, 4) is 0 Å². The van der Waals surface area contributed by atoms with Crippen LogP contribution >= 0.6 is 0 Å². The van der Waals surface area contributed by atoms with E-state index < -0.39 is 0 Å². The quantitative estimate of drug-likeness (QED) is 0.635. The molecule has 2 aliphatic rings. The van der Waals surface area contributed by atoms with Crippen molar-refractivity contribution in [1.82, 2.24) is 0 Å². The molecule has 2 unspecified atom stereocenters. The number of fused-ring (bicyclic) bond motifs is 5. The Kier molecular flexibility index (Phi) is 2.23. The Labute approximate surface area is 114 Å². The second-order valence-electron chi connectivity index (χ2n) is 5.98. The van der Waals surface area contributed by atoms with Crippen LogP contribution in [0.2, 0.25) is 0 Å². The molecule has 2 atom stereocenters. The van der Waals surface area contributed by atoms with Crippen LogP contribution < -0.4 is 0 Å². The number of rotatable bonds is 0. The molecule has 19 heavy (non-hydrogen) atoms. The molecule has 0 radical (unpaired) electrons. The molecule has 0 amide bonds. The average molecular weight is 246 g/mol. The summed E-state index contributed by atoms with van der Waals surface area (Å²) in [6.07, 6.45) is 5.96. The Morgan fingerprint density at radius 3 is 2.79 bits per heavy atom. The summed E-state index contributed by atoms with van der Waals surface area (Å²) >= 11 is 0. The van der Waals surface area contributed by atoms with E-state index in [0.717, 1.165) is 0 Å². The van der Waals surface area contributed by atoms with Crippen molar-refractivity contribution in [2.24, 2.45) is 5.92 Å². The fourth-order valence-electron chi connectivity index (χ4n) is 3.79. The van der Waals surface area contributed by atoms with E-state index >= 15 is 0 Å². The SMILES string of the molecule is Cc1ccc2c(c1)C1c3cccc(C)c3C=CC1C2. The Hall–Kier alpha value is -1.82. The molecule has 0 heterocycles. The second kappa shape index (κ2) is 3.84. The van der Waals surface area contributed by atoms with E-state index in [1.807, 2.05) is 0 Å². The summed E-state index contributed by atoms with van der Waals surface area (Å²) in [7, 11) is 0. The average Bonchev–Trinajstić information content (AvgIpc) is 2.77. The van der Waals surface area contributed by atoms with Crippen molar-refractivity contribution >= 4 is 6.08 Å². The lowest BCUT2D eigenvalue weighted by molar-refractivity contribution is 0.615. The molecule has 0 bridgehead atoms. The predicted molar refractivity (Wildman–Crippen MR) is 80.4 cm³/mol. The van der Waals surface area contributed by atoms with E-state index in [4.69, 9.17) is 0 Å². The largest absolute Gasteiger partial charge is 0.0795 e. The van der Waals surface area contributed by atoms with E-state index in [1.165, 1.54) is 28.7 Å². The molecular weight excluding hydrogens is 228 g/mol. The fraction of sp³-hybridized carbons (Fsp3) is 0.263. The highest BCUT2D eigenvalue weighted by Crippen LogP contribution is 2.47. The van der Waals surface area contributed by atoms with Gasteiger partial charge in [-0.15, -0.1) is 0 Å². The monoisotopic (exact) mass is 246 g/mol. The van der Waals surface area contributed by atoms with Crippen LogP contribution in [0.15, 0.2) is 42.5 Å². The Morgan fingerprint density at radius 2 is 1.89 bits per heavy atom. The molecule has 0 aromatic heterocycles. The molecule has 2 aromatic rings. The van der Waals surface area contributed by atoms with E-state index in [2.05, 4.69) is 62.4 Å². The summed E-state index contributed by atoms with van der Waals surface area (Å²) in [5, 5.41) is 0. The Morgan fingerprint density at radius 1 is 1.00 bits per heavy atom. The van der Waals surface area contributed by atoms with E-state index in [-0.39, 0.29) is 0 Å². The molecule has 2 aromatic carbocycles. The van der Waals surface area contributed by atoms with Gasteiger partial charge in [0.05, 0.1) is 0 Å². The zero-order valence-corrected chi connectivity index (χ0v) is 11.5. The van der Waals surface area contributed by atoms with Crippen LogP contribution in [0.4, 0.5) is 0 Å². The van der Waals surface area contributed by atoms with Crippen molar-refractivity contribution in [2.75, 3.05) is 0 Å². The van der Waals surface area contributed by atoms with Gasteiger partial charge in [0.2, 0.25) is 0 Å². The minimum absolute atomic E-state index is 0.579. The summed E-state index contributed by atoms with van der Waals surface area (Å²) < 4.78 is 0. The summed E-state index contributed by atoms with van der Waals surface area (Å²) in [5.74, 6) is 1.24. The van der Waals surface area contributed by atoms with Crippen molar-refractivity contribution < 1.29 is 0 Å². The van der Waals surface area contributed by atoms with Crippen LogP contribution in [0.5, 0.6) is 0 Å². The van der Waals surface area contributed by atoms with Gasteiger partial charge in [-0.1, -0.05) is 54.1 Å². The van der Waals surface area contributed by atoms with Crippen LogP contribution in [-0.2, 0) is 6.42 Å². The first kappa shape index (κ1) is 11.0. The molecule has 0 N–H and O–H groups in total. The standard InChI is InChI=1S/C19H18/c1-12-6-7-14-11-15-8-9-16-13(2)4-3-5-17(16)19(15)18(14)10-12/h3-10,15,19H,11H2,1-2H3. The van der Waals surface area contributed by atoms with Crippen molar-refractivity contribution in [1.29, 1.82) is 0 Å². The first-order chi connectivity index (χ1) is 9.24. The molecule has 0 spiro atoms. The molecule has 0 aliphatic heterocycles. The fourth-order valence-corrected chi connectivity index (χ4v) is 3.79. The maximum Gasteiger partial charge on any atom is 0.0164 e. The van der Waals surface area contributed by atoms with Crippen molar-refractivity contribution in [3.05, 3.63) is 75.9 Å². The molecule has 2 aliphatic carbocycles. The Bertz CT molecular complexity index is 691. The van der Waals surface area contributed by atoms with Gasteiger partial charge in [0.1, 0.15) is 0 Å². The van der Waals surface area contributed by atoms with Gasteiger partial charge in [0, 0.05) is 5.92 Å².